The third-order valence-corrected chi connectivity index (χ3v) is 4.06. The zero-order valence-corrected chi connectivity index (χ0v) is 14.0. The van der Waals surface area contributed by atoms with Gasteiger partial charge in [0.1, 0.15) is 5.75 Å². The first-order valence-electron chi connectivity index (χ1n) is 7.55. The maximum absolute atomic E-state index is 5.52. The van der Waals surface area contributed by atoms with Gasteiger partial charge in [0, 0.05) is 23.6 Å². The van der Waals surface area contributed by atoms with Crippen molar-refractivity contribution >= 4 is 11.8 Å². The lowest BCUT2D eigenvalue weighted by Gasteiger charge is -2.11. The van der Waals surface area contributed by atoms with Gasteiger partial charge in [0.25, 0.3) is 0 Å². The topological polar surface area (TPSA) is 52.8 Å². The lowest BCUT2D eigenvalue weighted by Crippen LogP contribution is -2.00. The molecule has 0 N–H and O–H groups in total. The highest BCUT2D eigenvalue weighted by molar-refractivity contribution is 7.99. The van der Waals surface area contributed by atoms with Crippen LogP contribution in [-0.4, -0.2) is 32.1 Å². The Morgan fingerprint density at radius 3 is 2.39 bits per heavy atom. The summed E-state index contributed by atoms with van der Waals surface area (Å²) in [5, 5.41) is 9.59. The van der Waals surface area contributed by atoms with Crippen molar-refractivity contribution in [2.24, 2.45) is 0 Å². The molecule has 0 bridgehead atoms. The largest absolute Gasteiger partial charge is 0.494 e. The Morgan fingerprint density at radius 2 is 1.74 bits per heavy atom. The van der Waals surface area contributed by atoms with Crippen molar-refractivity contribution < 1.29 is 4.74 Å². The first-order chi connectivity index (χ1) is 11.3. The minimum absolute atomic E-state index is 0.658. The van der Waals surface area contributed by atoms with Crippen LogP contribution in [0.4, 0.5) is 0 Å². The number of thioether (sulfide) groups is 1. The van der Waals surface area contributed by atoms with Crippen molar-refractivity contribution in [3.05, 3.63) is 48.8 Å². The molecule has 3 aromatic rings. The molecular formula is C17H18N4OS. The van der Waals surface area contributed by atoms with Crippen molar-refractivity contribution in [3.63, 3.8) is 0 Å². The van der Waals surface area contributed by atoms with Crippen molar-refractivity contribution in [2.75, 3.05) is 12.4 Å². The molecule has 1 aromatic carbocycles. The van der Waals surface area contributed by atoms with Crippen LogP contribution >= 0.6 is 11.8 Å². The highest BCUT2D eigenvalue weighted by Gasteiger charge is 2.15. The fourth-order valence-electron chi connectivity index (χ4n) is 2.27. The van der Waals surface area contributed by atoms with Crippen LogP contribution in [0.2, 0.25) is 0 Å². The van der Waals surface area contributed by atoms with E-state index in [1.165, 1.54) is 0 Å². The highest BCUT2D eigenvalue weighted by Crippen LogP contribution is 2.28. The summed E-state index contributed by atoms with van der Waals surface area (Å²) in [5.41, 5.74) is 2.01. The Kier molecular flexibility index (Phi) is 4.92. The molecule has 2 aromatic heterocycles. The summed E-state index contributed by atoms with van der Waals surface area (Å²) in [7, 11) is 0. The molecule has 0 unspecified atom stereocenters. The Bertz CT molecular complexity index is 756. The third kappa shape index (κ3) is 3.37. The second kappa shape index (κ2) is 7.28. The van der Waals surface area contributed by atoms with Gasteiger partial charge in [-0.15, -0.1) is 10.2 Å². The van der Waals surface area contributed by atoms with E-state index in [1.807, 2.05) is 43.3 Å². The van der Waals surface area contributed by atoms with E-state index in [0.29, 0.717) is 6.61 Å². The molecule has 23 heavy (non-hydrogen) atoms. The maximum Gasteiger partial charge on any atom is 0.196 e. The summed E-state index contributed by atoms with van der Waals surface area (Å²) >= 11 is 1.67. The van der Waals surface area contributed by atoms with Crippen molar-refractivity contribution in [2.45, 2.75) is 19.0 Å². The fraction of sp³-hybridized carbons (Fsp3) is 0.235. The van der Waals surface area contributed by atoms with Crippen molar-refractivity contribution in [1.29, 1.82) is 0 Å². The monoisotopic (exact) mass is 326 g/mol. The number of hydrogen-bond donors (Lipinski definition) is 0. The Balaban J connectivity index is 2.06. The molecule has 0 aliphatic carbocycles. The summed E-state index contributed by atoms with van der Waals surface area (Å²) in [5.74, 6) is 2.61. The van der Waals surface area contributed by atoms with Crippen LogP contribution in [0.1, 0.15) is 13.8 Å². The van der Waals surface area contributed by atoms with E-state index in [-0.39, 0.29) is 0 Å². The fourth-order valence-corrected chi connectivity index (χ4v) is 2.95. The van der Waals surface area contributed by atoms with Gasteiger partial charge in [0.05, 0.1) is 6.61 Å². The van der Waals surface area contributed by atoms with Gasteiger partial charge in [-0.25, -0.2) is 0 Å². The van der Waals surface area contributed by atoms with E-state index < -0.39 is 0 Å². The summed E-state index contributed by atoms with van der Waals surface area (Å²) in [6.45, 7) is 4.74. The zero-order valence-electron chi connectivity index (χ0n) is 13.1. The molecule has 0 radical (unpaired) electrons. The number of ether oxygens (including phenoxy) is 1. The Hall–Kier alpha value is -2.34. The van der Waals surface area contributed by atoms with Crippen LogP contribution in [0.15, 0.2) is 53.9 Å². The molecule has 0 spiro atoms. The quantitative estimate of drug-likeness (QED) is 0.644. The molecular weight excluding hydrogens is 308 g/mol. The maximum atomic E-state index is 5.52. The molecule has 0 atom stereocenters. The number of pyridine rings is 1. The van der Waals surface area contributed by atoms with Gasteiger partial charge in [-0.3, -0.25) is 9.55 Å². The van der Waals surface area contributed by atoms with Crippen LogP contribution < -0.4 is 4.74 Å². The lowest BCUT2D eigenvalue weighted by atomic mass is 10.2. The molecule has 0 saturated heterocycles. The number of rotatable bonds is 6. The van der Waals surface area contributed by atoms with E-state index in [9.17, 15) is 0 Å². The number of benzene rings is 1. The van der Waals surface area contributed by atoms with Crippen LogP contribution in [0.5, 0.6) is 5.75 Å². The van der Waals surface area contributed by atoms with Crippen LogP contribution in [0.3, 0.4) is 0 Å². The van der Waals surface area contributed by atoms with Crippen molar-refractivity contribution in [1.82, 2.24) is 19.7 Å². The van der Waals surface area contributed by atoms with Crippen molar-refractivity contribution in [3.8, 4) is 22.8 Å². The van der Waals surface area contributed by atoms with E-state index >= 15 is 0 Å². The van der Waals surface area contributed by atoms with Gasteiger partial charge < -0.3 is 4.74 Å². The molecule has 2 heterocycles. The molecule has 0 fully saturated rings. The third-order valence-electron chi connectivity index (χ3n) is 3.25. The van der Waals surface area contributed by atoms with Crippen LogP contribution in [0, 0.1) is 0 Å². The van der Waals surface area contributed by atoms with Gasteiger partial charge in [-0.05, 0) is 49.1 Å². The average molecular weight is 326 g/mol. The van der Waals surface area contributed by atoms with Gasteiger partial charge in [0.15, 0.2) is 11.0 Å². The predicted octanol–water partition coefficient (Wildman–Crippen LogP) is 3.84. The number of aromatic nitrogens is 4. The summed E-state index contributed by atoms with van der Waals surface area (Å²) in [6.07, 6.45) is 3.53. The summed E-state index contributed by atoms with van der Waals surface area (Å²) in [6, 6.07) is 11.9. The Labute approximate surface area is 139 Å². The van der Waals surface area contributed by atoms with Gasteiger partial charge in [-0.2, -0.15) is 0 Å². The summed E-state index contributed by atoms with van der Waals surface area (Å²) < 4.78 is 7.59. The number of nitrogens with zero attached hydrogens (tertiary/aromatic N) is 4. The first kappa shape index (κ1) is 15.6. The van der Waals surface area contributed by atoms with Crippen LogP contribution in [0.25, 0.3) is 17.1 Å². The molecule has 118 valence electrons. The molecule has 0 aliphatic rings. The van der Waals surface area contributed by atoms with Gasteiger partial charge >= 0.3 is 0 Å². The smallest absolute Gasteiger partial charge is 0.196 e. The SMILES string of the molecule is CCOc1ccc(-n2c(SCC)nnc2-c2ccncc2)cc1. The van der Waals surface area contributed by atoms with E-state index in [1.54, 1.807) is 24.2 Å². The summed E-state index contributed by atoms with van der Waals surface area (Å²) in [4.78, 5) is 4.07. The molecule has 6 heteroatoms. The van der Waals surface area contributed by atoms with E-state index in [0.717, 1.165) is 33.7 Å². The molecule has 3 rings (SSSR count). The molecule has 0 amide bonds. The molecule has 5 nitrogen and oxygen atoms in total. The Morgan fingerprint density at radius 1 is 1.00 bits per heavy atom. The second-order valence-corrected chi connectivity index (χ2v) is 5.97. The van der Waals surface area contributed by atoms with Gasteiger partial charge in [-0.1, -0.05) is 18.7 Å². The number of hydrogen-bond acceptors (Lipinski definition) is 5. The predicted molar refractivity (Wildman–Crippen MR) is 92.2 cm³/mol. The van der Waals surface area contributed by atoms with Crippen LogP contribution in [-0.2, 0) is 0 Å². The van der Waals surface area contributed by atoms with E-state index in [2.05, 4.69) is 26.7 Å². The molecule has 0 aliphatic heterocycles. The van der Waals surface area contributed by atoms with Gasteiger partial charge in [0.2, 0.25) is 0 Å². The van der Waals surface area contributed by atoms with E-state index in [4.69, 9.17) is 4.74 Å². The minimum Gasteiger partial charge on any atom is -0.494 e. The standard InChI is InChI=1S/C17H18N4OS/c1-3-22-15-7-5-14(6-8-15)21-16(13-9-11-18-12-10-13)19-20-17(21)23-4-2/h5-12H,3-4H2,1-2H3. The minimum atomic E-state index is 0.658. The lowest BCUT2D eigenvalue weighted by molar-refractivity contribution is 0.340. The average Bonchev–Trinajstić information content (AvgIpc) is 3.01. The first-order valence-corrected chi connectivity index (χ1v) is 8.54. The second-order valence-electron chi connectivity index (χ2n) is 4.74. The zero-order chi connectivity index (χ0) is 16.1. The normalized spacial score (nSPS) is 10.7. The highest BCUT2D eigenvalue weighted by atomic mass is 32.2. The molecule has 0 saturated carbocycles.